The van der Waals surface area contributed by atoms with E-state index in [9.17, 15) is 9.59 Å². The summed E-state index contributed by atoms with van der Waals surface area (Å²) in [5, 5.41) is 2.85. The fourth-order valence-electron chi connectivity index (χ4n) is 4.60. The van der Waals surface area contributed by atoms with Crippen molar-refractivity contribution in [2.45, 2.75) is 18.9 Å². The third-order valence-electron chi connectivity index (χ3n) is 6.29. The molecule has 0 fully saturated rings. The van der Waals surface area contributed by atoms with Gasteiger partial charge in [0.05, 0.1) is 19.8 Å². The molecular formula is C27H27N3O5. The van der Waals surface area contributed by atoms with Gasteiger partial charge in [-0.3, -0.25) is 14.6 Å². The van der Waals surface area contributed by atoms with Crippen molar-refractivity contribution in [2.24, 2.45) is 0 Å². The molecule has 0 saturated heterocycles. The maximum Gasteiger partial charge on any atom is 0.257 e. The molecule has 2 aromatic carbocycles. The smallest absolute Gasteiger partial charge is 0.257 e. The minimum absolute atomic E-state index is 0.0697. The maximum absolute atomic E-state index is 13.6. The van der Waals surface area contributed by atoms with Crippen molar-refractivity contribution in [3.63, 3.8) is 0 Å². The lowest BCUT2D eigenvalue weighted by atomic mass is 9.87. The van der Waals surface area contributed by atoms with Crippen LogP contribution >= 0.6 is 0 Å². The molecule has 6 bridgehead atoms. The average Bonchev–Trinajstić information content (AvgIpc) is 2.90. The molecule has 0 radical (unpaired) electrons. The summed E-state index contributed by atoms with van der Waals surface area (Å²) in [6, 6.07) is 14.8. The van der Waals surface area contributed by atoms with Crippen molar-refractivity contribution in [1.82, 2.24) is 15.2 Å². The van der Waals surface area contributed by atoms with Crippen molar-refractivity contribution in [3.8, 4) is 17.2 Å². The van der Waals surface area contributed by atoms with Gasteiger partial charge in [0, 0.05) is 31.0 Å². The predicted octanol–water partition coefficient (Wildman–Crippen LogP) is 3.16. The molecule has 3 aliphatic rings. The fourth-order valence-corrected chi connectivity index (χ4v) is 4.60. The minimum Gasteiger partial charge on any atom is -0.494 e. The zero-order valence-corrected chi connectivity index (χ0v) is 19.5. The van der Waals surface area contributed by atoms with E-state index in [0.717, 1.165) is 22.4 Å². The van der Waals surface area contributed by atoms with Gasteiger partial charge >= 0.3 is 0 Å². The highest BCUT2D eigenvalue weighted by atomic mass is 16.5. The molecule has 180 valence electrons. The Morgan fingerprint density at radius 1 is 1.14 bits per heavy atom. The number of hydrogen-bond donors (Lipinski definition) is 1. The zero-order chi connectivity index (χ0) is 24.2. The molecule has 1 atom stereocenters. The number of rotatable bonds is 2. The van der Waals surface area contributed by atoms with Crippen molar-refractivity contribution >= 4 is 11.8 Å². The normalized spacial score (nSPS) is 17.7. The van der Waals surface area contributed by atoms with Crippen LogP contribution in [0.2, 0.25) is 0 Å². The van der Waals surface area contributed by atoms with Crippen LogP contribution in [0.5, 0.6) is 17.2 Å². The van der Waals surface area contributed by atoms with Crippen LogP contribution in [0.4, 0.5) is 0 Å². The first-order valence-electron chi connectivity index (χ1n) is 11.7. The summed E-state index contributed by atoms with van der Waals surface area (Å²) in [6.07, 6.45) is 4.56. The van der Waals surface area contributed by atoms with E-state index in [-0.39, 0.29) is 24.5 Å². The van der Waals surface area contributed by atoms with Gasteiger partial charge < -0.3 is 24.4 Å². The van der Waals surface area contributed by atoms with E-state index < -0.39 is 0 Å². The van der Waals surface area contributed by atoms with Crippen LogP contribution in [0.3, 0.4) is 0 Å². The summed E-state index contributed by atoms with van der Waals surface area (Å²) in [4.78, 5) is 31.8. The highest BCUT2D eigenvalue weighted by Gasteiger charge is 2.34. The Hall–Kier alpha value is -4.07. The van der Waals surface area contributed by atoms with Gasteiger partial charge in [-0.2, -0.15) is 0 Å². The number of methoxy groups -OCH3 is 1. The van der Waals surface area contributed by atoms with Gasteiger partial charge in [0.25, 0.3) is 11.8 Å². The number of hydrogen-bond acceptors (Lipinski definition) is 6. The molecule has 0 aliphatic carbocycles. The summed E-state index contributed by atoms with van der Waals surface area (Å²) in [6.45, 7) is 1.36. The third-order valence-corrected chi connectivity index (χ3v) is 6.29. The fraction of sp³-hybridized carbons (Fsp3) is 0.296. The van der Waals surface area contributed by atoms with E-state index in [2.05, 4.69) is 10.3 Å². The second-order valence-corrected chi connectivity index (χ2v) is 8.50. The van der Waals surface area contributed by atoms with E-state index in [1.54, 1.807) is 31.6 Å². The van der Waals surface area contributed by atoms with Crippen molar-refractivity contribution in [1.29, 1.82) is 0 Å². The molecule has 3 aromatic rings. The molecule has 0 saturated carbocycles. The number of carbonyl (C=O) groups excluding carboxylic acids is 2. The lowest BCUT2D eigenvalue weighted by molar-refractivity contribution is -0.123. The van der Waals surface area contributed by atoms with E-state index >= 15 is 0 Å². The number of carbonyl (C=O) groups is 2. The van der Waals surface area contributed by atoms with Gasteiger partial charge in [-0.25, -0.2) is 0 Å². The topological polar surface area (TPSA) is 90.0 Å². The summed E-state index contributed by atoms with van der Waals surface area (Å²) >= 11 is 0. The van der Waals surface area contributed by atoms with Gasteiger partial charge in [0.15, 0.2) is 18.1 Å². The maximum atomic E-state index is 13.6. The van der Waals surface area contributed by atoms with Crippen LogP contribution in [0.25, 0.3) is 0 Å². The summed E-state index contributed by atoms with van der Waals surface area (Å²) < 4.78 is 17.4. The second kappa shape index (κ2) is 10.0. The van der Waals surface area contributed by atoms with Gasteiger partial charge in [-0.05, 0) is 65.9 Å². The van der Waals surface area contributed by atoms with E-state index in [4.69, 9.17) is 14.2 Å². The lowest BCUT2D eigenvalue weighted by Crippen LogP contribution is -2.40. The first kappa shape index (κ1) is 22.7. The number of pyridine rings is 1. The van der Waals surface area contributed by atoms with Crippen LogP contribution < -0.4 is 19.5 Å². The third kappa shape index (κ3) is 4.77. The van der Waals surface area contributed by atoms with E-state index in [0.29, 0.717) is 49.6 Å². The molecule has 8 nitrogen and oxygen atoms in total. The van der Waals surface area contributed by atoms with Crippen LogP contribution in [0.1, 0.15) is 39.5 Å². The van der Waals surface area contributed by atoms with Gasteiger partial charge in [-0.1, -0.05) is 12.1 Å². The Labute approximate surface area is 203 Å². The SMILES string of the molecule is COc1cc2c3cc1OCC(=O)NCCCOc1cccc(c1)C2N(C(=O)c1ccncc1)CC3. The molecule has 1 unspecified atom stereocenters. The van der Waals surface area contributed by atoms with Gasteiger partial charge in [0.2, 0.25) is 0 Å². The number of aromatic nitrogens is 1. The first-order chi connectivity index (χ1) is 17.1. The zero-order valence-electron chi connectivity index (χ0n) is 19.5. The average molecular weight is 474 g/mol. The standard InChI is InChI=1S/C27H27N3O5/c1-33-23-16-22-19-8-12-30(27(32)18-6-10-28-11-7-18)26(22)20-4-2-5-21(14-20)34-13-3-9-29-25(31)17-35-24(23)15-19/h2,4-7,10-11,14-16,26H,3,8-9,12-13,17H2,1H3,(H,29,31). The number of fused-ring (bicyclic) bond motifs is 8. The number of nitrogens with zero attached hydrogens (tertiary/aromatic N) is 2. The van der Waals surface area contributed by atoms with Crippen molar-refractivity contribution in [3.05, 3.63) is 83.2 Å². The Morgan fingerprint density at radius 3 is 2.83 bits per heavy atom. The Kier molecular flexibility index (Phi) is 6.52. The molecular weight excluding hydrogens is 446 g/mol. The van der Waals surface area contributed by atoms with Crippen LogP contribution in [0.15, 0.2) is 60.9 Å². The van der Waals surface area contributed by atoms with Crippen molar-refractivity contribution in [2.75, 3.05) is 33.4 Å². The molecule has 1 aromatic heterocycles. The largest absolute Gasteiger partial charge is 0.494 e. The predicted molar refractivity (Wildman–Crippen MR) is 129 cm³/mol. The number of nitrogens with one attached hydrogen (secondary N) is 1. The molecule has 4 heterocycles. The quantitative estimate of drug-likeness (QED) is 0.615. The van der Waals surface area contributed by atoms with E-state index in [1.807, 2.05) is 41.3 Å². The molecule has 2 amide bonds. The molecule has 0 spiro atoms. The van der Waals surface area contributed by atoms with E-state index in [1.165, 1.54) is 0 Å². The van der Waals surface area contributed by atoms with Gasteiger partial charge in [0.1, 0.15) is 5.75 Å². The summed E-state index contributed by atoms with van der Waals surface area (Å²) in [5.74, 6) is 1.47. The Bertz CT molecular complexity index is 1230. The molecule has 35 heavy (non-hydrogen) atoms. The van der Waals surface area contributed by atoms with Crippen LogP contribution in [-0.2, 0) is 11.2 Å². The van der Waals surface area contributed by atoms with Crippen LogP contribution in [0, 0.1) is 0 Å². The molecule has 1 N–H and O–H groups in total. The second-order valence-electron chi connectivity index (χ2n) is 8.50. The summed E-state index contributed by atoms with van der Waals surface area (Å²) in [5.41, 5.74) is 3.53. The summed E-state index contributed by atoms with van der Waals surface area (Å²) in [7, 11) is 1.57. The molecule has 6 rings (SSSR count). The number of benzene rings is 2. The Morgan fingerprint density at radius 2 is 2.00 bits per heavy atom. The van der Waals surface area contributed by atoms with Crippen molar-refractivity contribution < 1.29 is 23.8 Å². The molecule has 3 aliphatic heterocycles. The number of amides is 2. The van der Waals surface area contributed by atoms with Crippen LogP contribution in [-0.4, -0.2) is 55.1 Å². The monoisotopic (exact) mass is 473 g/mol. The lowest BCUT2D eigenvalue weighted by Gasteiger charge is -2.38. The van der Waals surface area contributed by atoms with Gasteiger partial charge in [-0.15, -0.1) is 0 Å². The first-order valence-corrected chi connectivity index (χ1v) is 11.7. The highest BCUT2D eigenvalue weighted by molar-refractivity contribution is 5.95. The highest BCUT2D eigenvalue weighted by Crippen LogP contribution is 2.42. The number of ether oxygens (including phenoxy) is 3. The molecule has 8 heteroatoms. The Balaban J connectivity index is 1.63. The minimum atomic E-state index is -0.345.